The molecule has 1 saturated heterocycles. The van der Waals surface area contributed by atoms with E-state index in [0.29, 0.717) is 6.42 Å². The summed E-state index contributed by atoms with van der Waals surface area (Å²) < 4.78 is 0. The molecule has 0 amide bonds. The summed E-state index contributed by atoms with van der Waals surface area (Å²) in [4.78, 5) is 13.7. The molecule has 1 N–H and O–H groups in total. The van der Waals surface area contributed by atoms with Gasteiger partial charge in [0.1, 0.15) is 0 Å². The van der Waals surface area contributed by atoms with Crippen LogP contribution in [0.2, 0.25) is 0 Å². The van der Waals surface area contributed by atoms with Crippen molar-refractivity contribution in [3.63, 3.8) is 0 Å². The molecule has 19 heavy (non-hydrogen) atoms. The van der Waals surface area contributed by atoms with Crippen LogP contribution in [0.3, 0.4) is 0 Å². The van der Waals surface area contributed by atoms with Crippen molar-refractivity contribution in [3.8, 4) is 0 Å². The van der Waals surface area contributed by atoms with Gasteiger partial charge in [-0.15, -0.1) is 0 Å². The number of hydrogen-bond donors (Lipinski definition) is 1. The zero-order valence-corrected chi connectivity index (χ0v) is 11.9. The zero-order chi connectivity index (χ0) is 13.9. The lowest BCUT2D eigenvalue weighted by molar-refractivity contribution is -0.146. The second-order valence-corrected chi connectivity index (χ2v) is 6.12. The summed E-state index contributed by atoms with van der Waals surface area (Å²) >= 11 is 0. The van der Waals surface area contributed by atoms with Gasteiger partial charge in [0.15, 0.2) is 0 Å². The Morgan fingerprint density at radius 1 is 1.21 bits per heavy atom. The van der Waals surface area contributed by atoms with Crippen LogP contribution in [0, 0.1) is 5.41 Å². The Morgan fingerprint density at radius 2 is 1.79 bits per heavy atom. The minimum absolute atomic E-state index is 0.590. The average molecular weight is 261 g/mol. The lowest BCUT2D eigenvalue weighted by Gasteiger charge is -2.23. The highest BCUT2D eigenvalue weighted by molar-refractivity contribution is 5.74. The summed E-state index contributed by atoms with van der Waals surface area (Å²) in [6.07, 6.45) is 3.15. The first-order valence-electron chi connectivity index (χ1n) is 7.01. The number of aliphatic carboxylic acids is 1. The summed E-state index contributed by atoms with van der Waals surface area (Å²) in [6, 6.07) is 8.24. The van der Waals surface area contributed by atoms with E-state index in [1.165, 1.54) is 24.0 Å². The first-order chi connectivity index (χ1) is 8.99. The van der Waals surface area contributed by atoms with E-state index >= 15 is 0 Å². The molecule has 104 valence electrons. The lowest BCUT2D eigenvalue weighted by Crippen LogP contribution is -2.27. The maximum absolute atomic E-state index is 11.3. The van der Waals surface area contributed by atoms with Crippen LogP contribution >= 0.6 is 0 Å². The first-order valence-corrected chi connectivity index (χ1v) is 7.01. The number of carboxylic acids is 1. The summed E-state index contributed by atoms with van der Waals surface area (Å²) in [6.45, 7) is 6.86. The van der Waals surface area contributed by atoms with E-state index in [1.807, 2.05) is 12.1 Å². The third kappa shape index (κ3) is 3.57. The minimum Gasteiger partial charge on any atom is -0.481 e. The van der Waals surface area contributed by atoms with Crippen LogP contribution in [0.1, 0.15) is 37.8 Å². The molecule has 0 atom stereocenters. The molecule has 0 bridgehead atoms. The van der Waals surface area contributed by atoms with Crippen molar-refractivity contribution in [1.29, 1.82) is 0 Å². The van der Waals surface area contributed by atoms with Gasteiger partial charge in [0, 0.05) is 6.54 Å². The molecule has 0 spiro atoms. The van der Waals surface area contributed by atoms with Crippen LogP contribution in [0.25, 0.3) is 0 Å². The van der Waals surface area contributed by atoms with Gasteiger partial charge in [0.05, 0.1) is 5.41 Å². The quantitative estimate of drug-likeness (QED) is 0.886. The maximum Gasteiger partial charge on any atom is 0.309 e. The van der Waals surface area contributed by atoms with Crippen LogP contribution in [-0.4, -0.2) is 29.1 Å². The van der Waals surface area contributed by atoms with Crippen molar-refractivity contribution in [2.45, 2.75) is 39.7 Å². The van der Waals surface area contributed by atoms with E-state index in [9.17, 15) is 9.90 Å². The first kappa shape index (κ1) is 14.1. The monoisotopic (exact) mass is 261 g/mol. The van der Waals surface area contributed by atoms with Crippen molar-refractivity contribution in [2.24, 2.45) is 5.41 Å². The van der Waals surface area contributed by atoms with E-state index in [2.05, 4.69) is 17.0 Å². The summed E-state index contributed by atoms with van der Waals surface area (Å²) in [7, 11) is 0. The Balaban J connectivity index is 2.13. The molecule has 0 aliphatic carbocycles. The molecule has 1 fully saturated rings. The fraction of sp³-hybridized carbons (Fsp3) is 0.562. The van der Waals surface area contributed by atoms with Crippen LogP contribution < -0.4 is 0 Å². The molecule has 0 saturated carbocycles. The standard InChI is InChI=1S/C16H23NO2/c1-16(2,15(18)19)11-13-7-3-4-8-14(13)12-17-9-5-6-10-17/h3-4,7-8H,5-6,9-12H2,1-2H3,(H,18,19). The van der Waals surface area contributed by atoms with Gasteiger partial charge in [0.2, 0.25) is 0 Å². The number of carboxylic acid groups (broad SMARTS) is 1. The van der Waals surface area contributed by atoms with E-state index in [0.717, 1.165) is 19.6 Å². The van der Waals surface area contributed by atoms with Crippen LogP contribution in [0.5, 0.6) is 0 Å². The number of benzene rings is 1. The Morgan fingerprint density at radius 3 is 2.37 bits per heavy atom. The van der Waals surface area contributed by atoms with Gasteiger partial charge in [-0.05, 0) is 57.3 Å². The third-order valence-electron chi connectivity index (χ3n) is 3.92. The SMILES string of the molecule is CC(C)(Cc1ccccc1CN1CCCC1)C(=O)O. The summed E-state index contributed by atoms with van der Waals surface area (Å²) in [5.74, 6) is -0.733. The van der Waals surface area contributed by atoms with Crippen molar-refractivity contribution in [2.75, 3.05) is 13.1 Å². The maximum atomic E-state index is 11.3. The van der Waals surface area contributed by atoms with Gasteiger partial charge >= 0.3 is 5.97 Å². The molecule has 2 rings (SSSR count). The van der Waals surface area contributed by atoms with Crippen LogP contribution in [0.4, 0.5) is 0 Å². The van der Waals surface area contributed by atoms with Gasteiger partial charge in [-0.1, -0.05) is 24.3 Å². The van der Waals surface area contributed by atoms with Gasteiger partial charge < -0.3 is 5.11 Å². The lowest BCUT2D eigenvalue weighted by atomic mass is 9.84. The second-order valence-electron chi connectivity index (χ2n) is 6.12. The van der Waals surface area contributed by atoms with Gasteiger partial charge in [-0.25, -0.2) is 0 Å². The molecule has 1 aliphatic rings. The minimum atomic E-state index is -0.733. The van der Waals surface area contributed by atoms with Crippen LogP contribution in [-0.2, 0) is 17.8 Å². The molecule has 1 heterocycles. The molecule has 3 nitrogen and oxygen atoms in total. The molecule has 1 aromatic carbocycles. The fourth-order valence-corrected chi connectivity index (χ4v) is 2.62. The van der Waals surface area contributed by atoms with Gasteiger partial charge in [-0.2, -0.15) is 0 Å². The van der Waals surface area contributed by atoms with Gasteiger partial charge in [-0.3, -0.25) is 9.69 Å². The van der Waals surface area contributed by atoms with E-state index in [1.54, 1.807) is 13.8 Å². The molecule has 0 radical (unpaired) electrons. The predicted octanol–water partition coefficient (Wildman–Crippen LogP) is 2.94. The Bertz CT molecular complexity index is 448. The van der Waals surface area contributed by atoms with Gasteiger partial charge in [0.25, 0.3) is 0 Å². The van der Waals surface area contributed by atoms with Crippen molar-refractivity contribution >= 4 is 5.97 Å². The Labute approximate surface area is 115 Å². The predicted molar refractivity (Wildman–Crippen MR) is 76.1 cm³/mol. The fourth-order valence-electron chi connectivity index (χ4n) is 2.62. The van der Waals surface area contributed by atoms with E-state index < -0.39 is 11.4 Å². The van der Waals surface area contributed by atoms with Crippen LogP contribution in [0.15, 0.2) is 24.3 Å². The largest absolute Gasteiger partial charge is 0.481 e. The van der Waals surface area contributed by atoms with E-state index in [4.69, 9.17) is 0 Å². The smallest absolute Gasteiger partial charge is 0.309 e. The number of likely N-dealkylation sites (tertiary alicyclic amines) is 1. The van der Waals surface area contributed by atoms with Crippen molar-refractivity contribution < 1.29 is 9.90 Å². The highest BCUT2D eigenvalue weighted by atomic mass is 16.4. The van der Waals surface area contributed by atoms with E-state index in [-0.39, 0.29) is 0 Å². The van der Waals surface area contributed by atoms with Crippen molar-refractivity contribution in [1.82, 2.24) is 4.90 Å². The third-order valence-corrected chi connectivity index (χ3v) is 3.92. The average Bonchev–Trinajstić information content (AvgIpc) is 2.84. The normalized spacial score (nSPS) is 16.7. The number of carbonyl (C=O) groups is 1. The zero-order valence-electron chi connectivity index (χ0n) is 11.9. The Kier molecular flexibility index (Phi) is 4.25. The molecular weight excluding hydrogens is 238 g/mol. The molecular formula is C16H23NO2. The van der Waals surface area contributed by atoms with Crippen molar-refractivity contribution in [3.05, 3.63) is 35.4 Å². The second kappa shape index (κ2) is 5.74. The highest BCUT2D eigenvalue weighted by Crippen LogP contribution is 2.25. The topological polar surface area (TPSA) is 40.5 Å². The molecule has 1 aliphatic heterocycles. The number of nitrogens with zero attached hydrogens (tertiary/aromatic N) is 1. The summed E-state index contributed by atoms with van der Waals surface area (Å²) in [5.41, 5.74) is 1.74. The summed E-state index contributed by atoms with van der Waals surface area (Å²) in [5, 5.41) is 9.27. The molecule has 1 aromatic rings. The molecule has 3 heteroatoms. The number of rotatable bonds is 5. The molecule has 0 aromatic heterocycles. The Hall–Kier alpha value is -1.35. The molecule has 0 unspecified atom stereocenters. The number of hydrogen-bond acceptors (Lipinski definition) is 2. The highest BCUT2D eigenvalue weighted by Gasteiger charge is 2.28.